The highest BCUT2D eigenvalue weighted by atomic mass is 16.4. The summed E-state index contributed by atoms with van der Waals surface area (Å²) >= 11 is 0. The monoisotopic (exact) mass is 166 g/mol. The molecule has 1 aromatic heterocycles. The predicted octanol–water partition coefficient (Wildman–Crippen LogP) is 1.28. The Morgan fingerprint density at radius 1 is 1.67 bits per heavy atom. The van der Waals surface area contributed by atoms with Crippen molar-refractivity contribution in [1.29, 1.82) is 0 Å². The molecule has 2 rings (SSSR count). The van der Waals surface area contributed by atoms with Gasteiger partial charge in [-0.2, -0.15) is 0 Å². The quantitative estimate of drug-likeness (QED) is 0.630. The van der Waals surface area contributed by atoms with Crippen molar-refractivity contribution < 1.29 is 9.52 Å². The number of oxazole rings is 1. The van der Waals surface area contributed by atoms with E-state index in [0.717, 1.165) is 5.69 Å². The van der Waals surface area contributed by atoms with Gasteiger partial charge in [-0.3, -0.25) is 0 Å². The third kappa shape index (κ3) is 0.958. The van der Waals surface area contributed by atoms with E-state index in [1.54, 1.807) is 13.1 Å². The van der Waals surface area contributed by atoms with E-state index in [0.29, 0.717) is 18.2 Å². The van der Waals surface area contributed by atoms with Crippen LogP contribution in [-0.2, 0) is 6.54 Å². The molecule has 0 spiro atoms. The molecule has 4 nitrogen and oxygen atoms in total. The van der Waals surface area contributed by atoms with Crippen molar-refractivity contribution in [3.05, 3.63) is 23.5 Å². The number of aliphatic hydroxyl groups excluding tert-OH is 1. The Kier molecular flexibility index (Phi) is 1.36. The van der Waals surface area contributed by atoms with Gasteiger partial charge in [-0.25, -0.2) is 4.98 Å². The van der Waals surface area contributed by atoms with E-state index in [-0.39, 0.29) is 5.76 Å². The Labute approximate surface area is 70.1 Å². The van der Waals surface area contributed by atoms with E-state index in [4.69, 9.17) is 4.42 Å². The van der Waals surface area contributed by atoms with Crippen molar-refractivity contribution in [1.82, 2.24) is 9.88 Å². The van der Waals surface area contributed by atoms with E-state index in [2.05, 4.69) is 4.98 Å². The van der Waals surface area contributed by atoms with Crippen molar-refractivity contribution in [2.24, 2.45) is 0 Å². The van der Waals surface area contributed by atoms with Gasteiger partial charge in [0.2, 0.25) is 0 Å². The summed E-state index contributed by atoms with van der Waals surface area (Å²) in [5.74, 6) is 1.25. The average molecular weight is 166 g/mol. The summed E-state index contributed by atoms with van der Waals surface area (Å²) in [5, 5.41) is 9.43. The molecule has 0 aliphatic carbocycles. The number of aromatic nitrogens is 1. The first kappa shape index (κ1) is 7.21. The lowest BCUT2D eigenvalue weighted by Gasteiger charge is -2.17. The molecular weight excluding hydrogens is 156 g/mol. The molecule has 0 unspecified atom stereocenters. The maximum Gasteiger partial charge on any atom is 0.195 e. The second kappa shape index (κ2) is 2.27. The van der Waals surface area contributed by atoms with Crippen molar-refractivity contribution in [3.63, 3.8) is 0 Å². The summed E-state index contributed by atoms with van der Waals surface area (Å²) in [7, 11) is 1.88. The zero-order valence-corrected chi connectivity index (χ0v) is 7.03. The Hall–Kier alpha value is -1.45. The maximum absolute atomic E-state index is 9.43. The Morgan fingerprint density at radius 3 is 3.17 bits per heavy atom. The molecule has 0 fully saturated rings. The molecule has 1 aliphatic rings. The molecule has 1 aromatic rings. The summed E-state index contributed by atoms with van der Waals surface area (Å²) in [6, 6.07) is 0. The van der Waals surface area contributed by atoms with Gasteiger partial charge in [0, 0.05) is 20.2 Å². The third-order valence-electron chi connectivity index (χ3n) is 1.78. The number of nitrogens with zero attached hydrogens (tertiary/aromatic N) is 2. The molecule has 4 heteroatoms. The molecule has 64 valence electrons. The van der Waals surface area contributed by atoms with Gasteiger partial charge in [-0.15, -0.1) is 0 Å². The minimum absolute atomic E-state index is 0.152. The molecule has 1 aliphatic heterocycles. The number of rotatable bonds is 0. The molecule has 0 saturated heterocycles. The van der Waals surface area contributed by atoms with Gasteiger partial charge in [-0.05, 0) is 0 Å². The number of aliphatic hydroxyl groups is 1. The van der Waals surface area contributed by atoms with Gasteiger partial charge in [-0.1, -0.05) is 0 Å². The molecular formula is C8H10N2O2. The summed E-state index contributed by atoms with van der Waals surface area (Å²) < 4.78 is 5.21. The van der Waals surface area contributed by atoms with Crippen LogP contribution >= 0.6 is 0 Å². The molecule has 0 saturated carbocycles. The van der Waals surface area contributed by atoms with Crippen LogP contribution in [0.4, 0.5) is 0 Å². The second-order valence-corrected chi connectivity index (χ2v) is 2.94. The minimum atomic E-state index is 0.152. The summed E-state index contributed by atoms with van der Waals surface area (Å²) in [5.41, 5.74) is 0.801. The van der Waals surface area contributed by atoms with Gasteiger partial charge < -0.3 is 14.4 Å². The van der Waals surface area contributed by atoms with Crippen molar-refractivity contribution in [2.45, 2.75) is 13.5 Å². The lowest BCUT2D eigenvalue weighted by molar-refractivity contribution is 0.381. The van der Waals surface area contributed by atoms with E-state index in [1.165, 1.54) is 0 Å². The lowest BCUT2D eigenvalue weighted by atomic mass is 10.2. The molecule has 1 N–H and O–H groups in total. The minimum Gasteiger partial charge on any atom is -0.503 e. The van der Waals surface area contributed by atoms with Crippen LogP contribution in [-0.4, -0.2) is 22.0 Å². The third-order valence-corrected chi connectivity index (χ3v) is 1.78. The fraction of sp³-hybridized carbons (Fsp3) is 0.375. The number of hydrogen-bond donors (Lipinski definition) is 1. The van der Waals surface area contributed by atoms with Crippen LogP contribution in [0, 0.1) is 6.92 Å². The molecule has 0 bridgehead atoms. The van der Waals surface area contributed by atoms with E-state index >= 15 is 0 Å². The first-order valence-corrected chi connectivity index (χ1v) is 3.74. The lowest BCUT2D eigenvalue weighted by Crippen LogP contribution is -2.16. The number of aryl methyl sites for hydroxylation is 1. The molecule has 0 amide bonds. The zero-order valence-electron chi connectivity index (χ0n) is 7.03. The van der Waals surface area contributed by atoms with Crippen LogP contribution in [0.3, 0.4) is 0 Å². The van der Waals surface area contributed by atoms with Crippen molar-refractivity contribution >= 4 is 5.76 Å². The maximum atomic E-state index is 9.43. The smallest absolute Gasteiger partial charge is 0.195 e. The first-order valence-electron chi connectivity index (χ1n) is 3.74. The second-order valence-electron chi connectivity index (χ2n) is 2.94. The van der Waals surface area contributed by atoms with Gasteiger partial charge in [0.05, 0.1) is 6.54 Å². The van der Waals surface area contributed by atoms with E-state index in [1.807, 2.05) is 11.9 Å². The fourth-order valence-electron chi connectivity index (χ4n) is 1.33. The van der Waals surface area contributed by atoms with Gasteiger partial charge >= 0.3 is 0 Å². The van der Waals surface area contributed by atoms with Crippen LogP contribution < -0.4 is 0 Å². The number of hydrogen-bond acceptors (Lipinski definition) is 4. The highest BCUT2D eigenvalue weighted by Crippen LogP contribution is 2.24. The molecule has 0 radical (unpaired) electrons. The summed E-state index contributed by atoms with van der Waals surface area (Å²) in [6.45, 7) is 2.46. The van der Waals surface area contributed by atoms with Gasteiger partial charge in [0.15, 0.2) is 17.4 Å². The highest BCUT2D eigenvalue weighted by molar-refractivity contribution is 5.56. The molecule has 0 atom stereocenters. The Bertz CT molecular complexity index is 341. The molecule has 2 heterocycles. The molecule has 0 aromatic carbocycles. The fourth-order valence-corrected chi connectivity index (χ4v) is 1.33. The largest absolute Gasteiger partial charge is 0.503 e. The van der Waals surface area contributed by atoms with Crippen LogP contribution in [0.1, 0.15) is 17.3 Å². The average Bonchev–Trinajstić information content (AvgIpc) is 2.29. The van der Waals surface area contributed by atoms with Crippen molar-refractivity contribution in [2.75, 3.05) is 7.05 Å². The Morgan fingerprint density at radius 2 is 2.42 bits per heavy atom. The van der Waals surface area contributed by atoms with E-state index in [9.17, 15) is 5.11 Å². The SMILES string of the molecule is Cc1nc2c(o1)C(O)=CN(C)C2. The van der Waals surface area contributed by atoms with E-state index < -0.39 is 0 Å². The topological polar surface area (TPSA) is 49.5 Å². The van der Waals surface area contributed by atoms with Gasteiger partial charge in [0.25, 0.3) is 0 Å². The van der Waals surface area contributed by atoms with Crippen LogP contribution in [0.5, 0.6) is 0 Å². The number of fused-ring (bicyclic) bond motifs is 1. The van der Waals surface area contributed by atoms with Crippen LogP contribution in [0.25, 0.3) is 5.76 Å². The highest BCUT2D eigenvalue weighted by Gasteiger charge is 2.20. The van der Waals surface area contributed by atoms with Crippen LogP contribution in [0.15, 0.2) is 10.6 Å². The zero-order chi connectivity index (χ0) is 8.72. The predicted molar refractivity (Wildman–Crippen MR) is 43.3 cm³/mol. The summed E-state index contributed by atoms with van der Waals surface area (Å²) in [4.78, 5) is 6.00. The first-order chi connectivity index (χ1) is 5.66. The Balaban J connectivity index is 2.51. The normalized spacial score (nSPS) is 15.8. The molecule has 12 heavy (non-hydrogen) atoms. The summed E-state index contributed by atoms with van der Waals surface area (Å²) in [6.07, 6.45) is 1.63. The van der Waals surface area contributed by atoms with Gasteiger partial charge in [0.1, 0.15) is 5.69 Å². The standard InChI is InChI=1S/C8H10N2O2/c1-5-9-6-3-10(2)4-7(11)8(6)12-5/h4,11H,3H2,1-2H3. The van der Waals surface area contributed by atoms with Crippen LogP contribution in [0.2, 0.25) is 0 Å². The van der Waals surface area contributed by atoms with Crippen molar-refractivity contribution in [3.8, 4) is 0 Å².